The fourth-order valence-electron chi connectivity index (χ4n) is 4.12. The van der Waals surface area contributed by atoms with Gasteiger partial charge in [-0.1, -0.05) is 42.5 Å². The van der Waals surface area contributed by atoms with E-state index in [4.69, 9.17) is 4.98 Å². The molecule has 0 aliphatic carbocycles. The van der Waals surface area contributed by atoms with Gasteiger partial charge < -0.3 is 15.5 Å². The summed E-state index contributed by atoms with van der Waals surface area (Å²) in [6.45, 7) is 0. The molecule has 2 N–H and O–H groups in total. The summed E-state index contributed by atoms with van der Waals surface area (Å²) in [7, 11) is 0. The number of nitrogens with one attached hydrogen (secondary N) is 2. The first-order valence-electron chi connectivity index (χ1n) is 10.3. The molecule has 33 heavy (non-hydrogen) atoms. The second-order valence-electron chi connectivity index (χ2n) is 7.54. The Hall–Kier alpha value is -4.32. The maximum absolute atomic E-state index is 4.89. The Labute approximate surface area is 193 Å². The predicted octanol–water partition coefficient (Wildman–Crippen LogP) is 6.55. The van der Waals surface area contributed by atoms with Gasteiger partial charge in [-0.05, 0) is 60.7 Å². The van der Waals surface area contributed by atoms with Gasteiger partial charge in [-0.15, -0.1) is 0 Å². The van der Waals surface area contributed by atoms with Crippen LogP contribution in [0.2, 0.25) is 0 Å². The number of aromatic nitrogens is 1. The molecule has 0 amide bonds. The average molecular weight is 431 g/mol. The van der Waals surface area contributed by atoms with Gasteiger partial charge in [0, 0.05) is 25.7 Å². The zero-order chi connectivity index (χ0) is 20.6. The van der Waals surface area contributed by atoms with E-state index >= 15 is 0 Å². The van der Waals surface area contributed by atoms with Gasteiger partial charge in [0.15, 0.2) is 0 Å². The second-order valence-corrected chi connectivity index (χ2v) is 7.54. The molecule has 0 bridgehead atoms. The summed E-state index contributed by atoms with van der Waals surface area (Å²) in [4.78, 5) is 7.19. The van der Waals surface area contributed by atoms with E-state index in [1.54, 1.807) is 0 Å². The maximum atomic E-state index is 4.89. The summed E-state index contributed by atoms with van der Waals surface area (Å²) in [5.41, 5.74) is 8.46. The van der Waals surface area contributed by atoms with Crippen molar-refractivity contribution in [1.82, 2.24) is 10.3 Å². The molecule has 1 aromatic heterocycles. The normalized spacial score (nSPS) is 13.3. The number of nitrogens with zero attached hydrogens (tertiary/aromatic N) is 2. The van der Waals surface area contributed by atoms with Gasteiger partial charge >= 0.3 is 0 Å². The molecule has 0 atom stereocenters. The van der Waals surface area contributed by atoms with Gasteiger partial charge in [-0.25, -0.2) is 4.98 Å². The molecular weight excluding hydrogens is 410 g/mol. The quantitative estimate of drug-likeness (QED) is 0.311. The van der Waals surface area contributed by atoms with Crippen LogP contribution in [0.15, 0.2) is 109 Å². The molecule has 4 aromatic rings. The van der Waals surface area contributed by atoms with Crippen molar-refractivity contribution >= 4 is 53.4 Å². The minimum absolute atomic E-state index is 0. The molecule has 0 unspecified atom stereocenters. The van der Waals surface area contributed by atoms with E-state index in [9.17, 15) is 0 Å². The molecule has 0 saturated heterocycles. The van der Waals surface area contributed by atoms with Crippen molar-refractivity contribution in [2.75, 3.05) is 10.2 Å². The van der Waals surface area contributed by atoms with Crippen molar-refractivity contribution in [3.63, 3.8) is 0 Å². The van der Waals surface area contributed by atoms with Gasteiger partial charge in [0.1, 0.15) is 0 Å². The molecule has 6 rings (SSSR count). The zero-order valence-electron chi connectivity index (χ0n) is 17.8. The standard InChI is InChI=1S/C27H20N4.B.FH/c1-2-8-22(28-17-7-1)23-15-13-19-18-20(14-16-21(19)29-23)31-26-11-5-3-9-24(26)30-25-10-4-6-12-27(25)31;;/h1-18,28,30H;;1H. The molecule has 0 saturated carbocycles. The largest absolute Gasteiger partial charge is 0.360 e. The highest BCUT2D eigenvalue weighted by atomic mass is 19.0. The van der Waals surface area contributed by atoms with Crippen LogP contribution in [-0.4, -0.2) is 13.4 Å². The SMILES string of the molecule is C1=CC=C(c2ccc3cc(N4c5ccccc5Nc5ccccc54)ccc3n2)NC=C1.F.[B]. The first kappa shape index (κ1) is 21.9. The van der Waals surface area contributed by atoms with Crippen LogP contribution < -0.4 is 15.5 Å². The number of hydrogen-bond acceptors (Lipinski definition) is 4. The second kappa shape index (κ2) is 9.05. The van der Waals surface area contributed by atoms with E-state index in [2.05, 4.69) is 94.4 Å². The Bertz CT molecular complexity index is 1360. The molecule has 4 nitrogen and oxygen atoms in total. The van der Waals surface area contributed by atoms with Crippen molar-refractivity contribution in [2.24, 2.45) is 0 Å². The predicted molar refractivity (Wildman–Crippen MR) is 137 cm³/mol. The van der Waals surface area contributed by atoms with Crippen LogP contribution in [-0.2, 0) is 0 Å². The van der Waals surface area contributed by atoms with Crippen LogP contribution >= 0.6 is 0 Å². The van der Waals surface area contributed by atoms with E-state index < -0.39 is 0 Å². The summed E-state index contributed by atoms with van der Waals surface area (Å²) in [6, 6.07) is 27.5. The van der Waals surface area contributed by atoms with Gasteiger partial charge in [-0.3, -0.25) is 4.70 Å². The van der Waals surface area contributed by atoms with Crippen molar-refractivity contribution in [3.05, 3.63) is 115 Å². The minimum atomic E-state index is 0. The molecule has 2 aliphatic heterocycles. The van der Waals surface area contributed by atoms with E-state index in [0.29, 0.717) is 0 Å². The zero-order valence-corrected chi connectivity index (χ0v) is 17.8. The third kappa shape index (κ3) is 3.87. The fraction of sp³-hybridized carbons (Fsp3) is 0. The lowest BCUT2D eigenvalue weighted by atomic mass is 10.1. The maximum Gasteiger partial charge on any atom is 0.0872 e. The molecule has 6 heteroatoms. The molecule has 0 spiro atoms. The van der Waals surface area contributed by atoms with Crippen molar-refractivity contribution < 1.29 is 4.70 Å². The number of rotatable bonds is 2. The number of pyridine rings is 1. The highest BCUT2D eigenvalue weighted by Gasteiger charge is 2.23. The molecule has 3 heterocycles. The van der Waals surface area contributed by atoms with E-state index in [0.717, 1.165) is 50.7 Å². The van der Waals surface area contributed by atoms with Crippen LogP contribution in [0.1, 0.15) is 5.69 Å². The van der Waals surface area contributed by atoms with E-state index in [1.165, 1.54) is 0 Å². The fourth-order valence-corrected chi connectivity index (χ4v) is 4.12. The smallest absolute Gasteiger partial charge is 0.0872 e. The summed E-state index contributed by atoms with van der Waals surface area (Å²) < 4.78 is 0. The Morgan fingerprint density at radius 1 is 0.727 bits per heavy atom. The summed E-state index contributed by atoms with van der Waals surface area (Å²) >= 11 is 0. The molecular formula is C27H21BFN4. The Kier molecular flexibility index (Phi) is 6.00. The number of anilines is 5. The summed E-state index contributed by atoms with van der Waals surface area (Å²) in [5, 5.41) is 7.94. The Morgan fingerprint density at radius 3 is 2.21 bits per heavy atom. The number of fused-ring (bicyclic) bond motifs is 3. The summed E-state index contributed by atoms with van der Waals surface area (Å²) in [6.07, 6.45) is 9.94. The molecule has 0 fully saturated rings. The van der Waals surface area contributed by atoms with Gasteiger partial charge in [0.05, 0.1) is 39.7 Å². The number of halogens is 1. The topological polar surface area (TPSA) is 40.2 Å². The lowest BCUT2D eigenvalue weighted by Crippen LogP contribution is -2.17. The Morgan fingerprint density at radius 2 is 1.45 bits per heavy atom. The molecule has 3 aromatic carbocycles. The van der Waals surface area contributed by atoms with E-state index in [1.807, 2.05) is 30.5 Å². The van der Waals surface area contributed by atoms with Crippen LogP contribution in [0.4, 0.5) is 33.1 Å². The van der Waals surface area contributed by atoms with Crippen molar-refractivity contribution in [1.29, 1.82) is 0 Å². The lowest BCUT2D eigenvalue weighted by molar-refractivity contribution is 1.11. The van der Waals surface area contributed by atoms with Crippen LogP contribution in [0, 0.1) is 0 Å². The molecule has 159 valence electrons. The lowest BCUT2D eigenvalue weighted by Gasteiger charge is -2.34. The number of benzene rings is 3. The third-order valence-electron chi connectivity index (χ3n) is 5.59. The van der Waals surface area contributed by atoms with Gasteiger partial charge in [-0.2, -0.15) is 0 Å². The van der Waals surface area contributed by atoms with Crippen molar-refractivity contribution in [2.45, 2.75) is 0 Å². The van der Waals surface area contributed by atoms with E-state index in [-0.39, 0.29) is 13.1 Å². The molecule has 2 aliphatic rings. The third-order valence-corrected chi connectivity index (χ3v) is 5.59. The first-order valence-corrected chi connectivity index (χ1v) is 10.3. The van der Waals surface area contributed by atoms with Crippen LogP contribution in [0.3, 0.4) is 0 Å². The first-order chi connectivity index (χ1) is 15.4. The molecule has 3 radical (unpaired) electrons. The summed E-state index contributed by atoms with van der Waals surface area (Å²) in [5.74, 6) is 0. The van der Waals surface area contributed by atoms with Crippen LogP contribution in [0.5, 0.6) is 0 Å². The minimum Gasteiger partial charge on any atom is -0.360 e. The van der Waals surface area contributed by atoms with Gasteiger partial charge in [0.25, 0.3) is 0 Å². The van der Waals surface area contributed by atoms with Gasteiger partial charge in [0.2, 0.25) is 0 Å². The monoisotopic (exact) mass is 431 g/mol. The van der Waals surface area contributed by atoms with Crippen molar-refractivity contribution in [3.8, 4) is 0 Å². The number of para-hydroxylation sites is 4. The highest BCUT2D eigenvalue weighted by molar-refractivity contribution is 5.98. The number of allylic oxidation sites excluding steroid dienone is 4. The highest BCUT2D eigenvalue weighted by Crippen LogP contribution is 2.47. The number of hydrogen-bond donors (Lipinski definition) is 2. The average Bonchev–Trinajstić information content (AvgIpc) is 3.11. The van der Waals surface area contributed by atoms with Crippen LogP contribution in [0.25, 0.3) is 16.6 Å². The Balaban J connectivity index is 0.00000130.